The summed E-state index contributed by atoms with van der Waals surface area (Å²) in [6.07, 6.45) is 6.91. The number of phenolic OH excluding ortho intramolecular Hbond substituents is 1. The average Bonchev–Trinajstić information content (AvgIpc) is 2.31. The Morgan fingerprint density at radius 3 is 2.69 bits per heavy atom. The van der Waals surface area contributed by atoms with Crippen LogP contribution in [0.25, 0.3) is 0 Å². The second-order valence-corrected chi connectivity index (χ2v) is 4.37. The Labute approximate surface area is 95.5 Å². The topological polar surface area (TPSA) is 49.3 Å². The van der Waals surface area contributed by atoms with Crippen molar-refractivity contribution in [3.05, 3.63) is 23.8 Å². The third kappa shape index (κ3) is 2.54. The van der Waals surface area contributed by atoms with E-state index in [-0.39, 0.29) is 5.75 Å². The number of aromatic hydroxyl groups is 1. The lowest BCUT2D eigenvalue weighted by Crippen LogP contribution is -2.22. The number of phenols is 1. The molecule has 0 heterocycles. The lowest BCUT2D eigenvalue weighted by molar-refractivity contribution is 0.112. The number of carbonyl (C=O) groups is 1. The average molecular weight is 219 g/mol. The molecule has 16 heavy (non-hydrogen) atoms. The number of rotatable bonds is 3. The van der Waals surface area contributed by atoms with Crippen molar-refractivity contribution in [2.45, 2.75) is 38.1 Å². The summed E-state index contributed by atoms with van der Waals surface area (Å²) >= 11 is 0. The minimum Gasteiger partial charge on any atom is -0.508 e. The summed E-state index contributed by atoms with van der Waals surface area (Å²) in [7, 11) is 0. The fourth-order valence-electron chi connectivity index (χ4n) is 2.24. The summed E-state index contributed by atoms with van der Waals surface area (Å²) in [5.41, 5.74) is 1.37. The molecule has 1 aliphatic rings. The van der Waals surface area contributed by atoms with Gasteiger partial charge in [0.15, 0.2) is 6.29 Å². The summed E-state index contributed by atoms with van der Waals surface area (Å²) in [4.78, 5) is 10.9. The smallest absolute Gasteiger partial charge is 0.152 e. The van der Waals surface area contributed by atoms with Crippen LogP contribution in [0.3, 0.4) is 0 Å². The number of aldehydes is 1. The van der Waals surface area contributed by atoms with Gasteiger partial charge in [0, 0.05) is 23.4 Å². The molecule has 0 aliphatic heterocycles. The largest absolute Gasteiger partial charge is 0.508 e. The fourth-order valence-corrected chi connectivity index (χ4v) is 2.24. The van der Waals surface area contributed by atoms with Gasteiger partial charge in [-0.1, -0.05) is 19.3 Å². The summed E-state index contributed by atoms with van der Waals surface area (Å²) < 4.78 is 0. The van der Waals surface area contributed by atoms with E-state index in [9.17, 15) is 9.90 Å². The quantitative estimate of drug-likeness (QED) is 0.768. The number of carbonyl (C=O) groups excluding carboxylic acids is 1. The van der Waals surface area contributed by atoms with Crippen LogP contribution in [-0.4, -0.2) is 17.4 Å². The molecule has 2 N–H and O–H groups in total. The first-order valence-corrected chi connectivity index (χ1v) is 5.84. The molecule has 0 spiro atoms. The van der Waals surface area contributed by atoms with Crippen molar-refractivity contribution in [1.29, 1.82) is 0 Å². The second-order valence-electron chi connectivity index (χ2n) is 4.37. The molecule has 0 amide bonds. The zero-order valence-electron chi connectivity index (χ0n) is 9.28. The Balaban J connectivity index is 2.12. The fraction of sp³-hybridized carbons (Fsp3) is 0.462. The molecule has 2 rings (SSSR count). The molecule has 1 aliphatic carbocycles. The number of hydrogen-bond donors (Lipinski definition) is 2. The van der Waals surface area contributed by atoms with E-state index in [2.05, 4.69) is 5.32 Å². The van der Waals surface area contributed by atoms with E-state index in [4.69, 9.17) is 0 Å². The highest BCUT2D eigenvalue weighted by atomic mass is 16.3. The standard InChI is InChI=1S/C13H17NO2/c15-9-10-6-7-12(16)8-13(10)14-11-4-2-1-3-5-11/h6-9,11,14,16H,1-5H2. The van der Waals surface area contributed by atoms with Crippen LogP contribution in [0.5, 0.6) is 5.75 Å². The van der Waals surface area contributed by atoms with Gasteiger partial charge in [-0.05, 0) is 25.0 Å². The Hall–Kier alpha value is -1.51. The highest BCUT2D eigenvalue weighted by Gasteiger charge is 2.14. The maximum absolute atomic E-state index is 10.9. The van der Waals surface area contributed by atoms with Crippen molar-refractivity contribution in [3.63, 3.8) is 0 Å². The van der Waals surface area contributed by atoms with Gasteiger partial charge < -0.3 is 10.4 Å². The van der Waals surface area contributed by atoms with E-state index < -0.39 is 0 Å². The molecule has 3 heteroatoms. The minimum absolute atomic E-state index is 0.198. The first-order chi connectivity index (χ1) is 7.79. The Kier molecular flexibility index (Phi) is 3.44. The van der Waals surface area contributed by atoms with Gasteiger partial charge in [0.2, 0.25) is 0 Å². The SMILES string of the molecule is O=Cc1ccc(O)cc1NC1CCCCC1. The van der Waals surface area contributed by atoms with Crippen LogP contribution >= 0.6 is 0 Å². The molecule has 0 aromatic heterocycles. The maximum Gasteiger partial charge on any atom is 0.152 e. The van der Waals surface area contributed by atoms with E-state index in [1.165, 1.54) is 25.3 Å². The maximum atomic E-state index is 10.9. The van der Waals surface area contributed by atoms with Crippen LogP contribution in [0, 0.1) is 0 Å². The zero-order valence-corrected chi connectivity index (χ0v) is 9.28. The van der Waals surface area contributed by atoms with Gasteiger partial charge in [-0.2, -0.15) is 0 Å². The lowest BCUT2D eigenvalue weighted by Gasteiger charge is -2.24. The Morgan fingerprint density at radius 2 is 2.00 bits per heavy atom. The molecule has 0 bridgehead atoms. The molecular weight excluding hydrogens is 202 g/mol. The molecule has 0 unspecified atom stereocenters. The summed E-state index contributed by atoms with van der Waals surface area (Å²) in [6.45, 7) is 0. The van der Waals surface area contributed by atoms with E-state index in [1.807, 2.05) is 0 Å². The van der Waals surface area contributed by atoms with Gasteiger partial charge in [-0.3, -0.25) is 4.79 Å². The molecule has 1 aromatic rings. The Morgan fingerprint density at radius 1 is 1.25 bits per heavy atom. The van der Waals surface area contributed by atoms with Crippen LogP contribution < -0.4 is 5.32 Å². The molecule has 3 nitrogen and oxygen atoms in total. The van der Waals surface area contributed by atoms with Crippen LogP contribution in [0.2, 0.25) is 0 Å². The number of benzene rings is 1. The van der Waals surface area contributed by atoms with Crippen molar-refractivity contribution in [2.24, 2.45) is 0 Å². The van der Waals surface area contributed by atoms with Crippen LogP contribution in [0.4, 0.5) is 5.69 Å². The van der Waals surface area contributed by atoms with Gasteiger partial charge >= 0.3 is 0 Å². The summed E-state index contributed by atoms with van der Waals surface area (Å²) in [5.74, 6) is 0.198. The van der Waals surface area contributed by atoms with Crippen molar-refractivity contribution < 1.29 is 9.90 Å². The molecule has 0 radical (unpaired) electrons. The monoisotopic (exact) mass is 219 g/mol. The highest BCUT2D eigenvalue weighted by Crippen LogP contribution is 2.25. The van der Waals surface area contributed by atoms with Crippen LogP contribution in [-0.2, 0) is 0 Å². The first kappa shape index (κ1) is 11.0. The van der Waals surface area contributed by atoms with E-state index in [0.29, 0.717) is 11.6 Å². The van der Waals surface area contributed by atoms with E-state index in [1.54, 1.807) is 12.1 Å². The predicted octanol–water partition coefficient (Wildman–Crippen LogP) is 2.95. The van der Waals surface area contributed by atoms with Crippen molar-refractivity contribution in [2.75, 3.05) is 5.32 Å². The predicted molar refractivity (Wildman–Crippen MR) is 64.0 cm³/mol. The van der Waals surface area contributed by atoms with Crippen molar-refractivity contribution in [3.8, 4) is 5.75 Å². The summed E-state index contributed by atoms with van der Waals surface area (Å²) in [5, 5.41) is 12.8. The van der Waals surface area contributed by atoms with Gasteiger partial charge in [0.25, 0.3) is 0 Å². The number of anilines is 1. The second kappa shape index (κ2) is 5.01. The van der Waals surface area contributed by atoms with Crippen LogP contribution in [0.15, 0.2) is 18.2 Å². The van der Waals surface area contributed by atoms with Crippen LogP contribution in [0.1, 0.15) is 42.5 Å². The van der Waals surface area contributed by atoms with Crippen molar-refractivity contribution in [1.82, 2.24) is 0 Å². The molecular formula is C13H17NO2. The zero-order chi connectivity index (χ0) is 11.4. The molecule has 1 saturated carbocycles. The molecule has 0 saturated heterocycles. The molecule has 1 fully saturated rings. The van der Waals surface area contributed by atoms with Gasteiger partial charge in [0.1, 0.15) is 5.75 Å². The molecule has 0 atom stereocenters. The van der Waals surface area contributed by atoms with E-state index >= 15 is 0 Å². The molecule has 86 valence electrons. The molecule has 1 aromatic carbocycles. The minimum atomic E-state index is 0.198. The third-order valence-corrected chi connectivity index (χ3v) is 3.13. The third-order valence-electron chi connectivity index (χ3n) is 3.13. The number of hydrogen-bond acceptors (Lipinski definition) is 3. The first-order valence-electron chi connectivity index (χ1n) is 5.84. The van der Waals surface area contributed by atoms with Gasteiger partial charge in [0.05, 0.1) is 0 Å². The highest BCUT2D eigenvalue weighted by molar-refractivity contribution is 5.84. The van der Waals surface area contributed by atoms with Gasteiger partial charge in [-0.15, -0.1) is 0 Å². The van der Waals surface area contributed by atoms with Crippen molar-refractivity contribution >= 4 is 12.0 Å². The normalized spacial score (nSPS) is 17.0. The Bertz CT molecular complexity index is 370. The number of nitrogens with one attached hydrogen (secondary N) is 1. The van der Waals surface area contributed by atoms with E-state index in [0.717, 1.165) is 24.8 Å². The summed E-state index contributed by atoms with van der Waals surface area (Å²) in [6, 6.07) is 5.25. The van der Waals surface area contributed by atoms with Gasteiger partial charge in [-0.25, -0.2) is 0 Å². The lowest BCUT2D eigenvalue weighted by atomic mass is 9.95.